The fourth-order valence-corrected chi connectivity index (χ4v) is 5.54. The number of allylic oxidation sites excluding steroid dienone is 10. The molecule has 52 heavy (non-hydrogen) atoms. The lowest BCUT2D eigenvalue weighted by Gasteiger charge is -2.18. The van der Waals surface area contributed by atoms with Crippen molar-refractivity contribution in [3.63, 3.8) is 0 Å². The number of hydrogen-bond donors (Lipinski definition) is 0. The normalized spacial score (nSPS) is 12.6. The molecule has 0 aliphatic carbocycles. The second-order valence-corrected chi connectivity index (χ2v) is 13.9. The van der Waals surface area contributed by atoms with Crippen molar-refractivity contribution >= 4 is 17.9 Å². The molecule has 0 bridgehead atoms. The van der Waals surface area contributed by atoms with E-state index in [4.69, 9.17) is 14.2 Å². The van der Waals surface area contributed by atoms with Crippen LogP contribution in [0.3, 0.4) is 0 Å². The third kappa shape index (κ3) is 38.3. The molecular weight excluding hydrogens is 648 g/mol. The first-order chi connectivity index (χ1) is 25.5. The van der Waals surface area contributed by atoms with Crippen LogP contribution in [0.5, 0.6) is 0 Å². The molecule has 0 fully saturated rings. The van der Waals surface area contributed by atoms with Crippen LogP contribution in [0.1, 0.15) is 194 Å². The maximum atomic E-state index is 12.6. The minimum absolute atomic E-state index is 0.0916. The molecule has 0 saturated heterocycles. The number of rotatable bonds is 37. The fourth-order valence-electron chi connectivity index (χ4n) is 5.54. The van der Waals surface area contributed by atoms with Crippen LogP contribution in [0.4, 0.5) is 0 Å². The van der Waals surface area contributed by atoms with E-state index >= 15 is 0 Å². The molecule has 0 spiro atoms. The molecule has 6 heteroatoms. The summed E-state index contributed by atoms with van der Waals surface area (Å²) < 4.78 is 16.5. The summed E-state index contributed by atoms with van der Waals surface area (Å²) in [6.07, 6.45) is 47.9. The van der Waals surface area contributed by atoms with Gasteiger partial charge < -0.3 is 14.2 Å². The summed E-state index contributed by atoms with van der Waals surface area (Å²) in [7, 11) is 0. The first kappa shape index (κ1) is 49.1. The molecule has 0 saturated carbocycles. The van der Waals surface area contributed by atoms with Crippen molar-refractivity contribution in [3.05, 3.63) is 60.8 Å². The van der Waals surface area contributed by atoms with Crippen LogP contribution in [0.15, 0.2) is 60.8 Å². The first-order valence-electron chi connectivity index (χ1n) is 21.3. The van der Waals surface area contributed by atoms with Crippen LogP contribution >= 0.6 is 0 Å². The Kier molecular flexibility index (Phi) is 38.6. The number of hydrogen-bond acceptors (Lipinski definition) is 6. The van der Waals surface area contributed by atoms with Gasteiger partial charge in [-0.2, -0.15) is 0 Å². The number of carbonyl (C=O) groups is 3. The third-order valence-corrected chi connectivity index (χ3v) is 8.76. The average Bonchev–Trinajstić information content (AvgIpc) is 3.14. The van der Waals surface area contributed by atoms with Gasteiger partial charge in [-0.05, 0) is 83.5 Å². The van der Waals surface area contributed by atoms with Crippen molar-refractivity contribution < 1.29 is 28.6 Å². The van der Waals surface area contributed by atoms with Crippen molar-refractivity contribution in [2.24, 2.45) is 0 Å². The molecule has 0 aromatic heterocycles. The Balaban J connectivity index is 4.39. The van der Waals surface area contributed by atoms with Crippen LogP contribution in [-0.4, -0.2) is 37.2 Å². The van der Waals surface area contributed by atoms with Crippen molar-refractivity contribution in [1.82, 2.24) is 0 Å². The van der Waals surface area contributed by atoms with Gasteiger partial charge in [0.1, 0.15) is 13.2 Å². The largest absolute Gasteiger partial charge is 0.462 e. The highest BCUT2D eigenvalue weighted by Crippen LogP contribution is 2.12. The minimum atomic E-state index is -0.789. The highest BCUT2D eigenvalue weighted by Gasteiger charge is 2.19. The van der Waals surface area contributed by atoms with Gasteiger partial charge in [0.25, 0.3) is 0 Å². The lowest BCUT2D eigenvalue weighted by atomic mass is 10.1. The van der Waals surface area contributed by atoms with E-state index in [1.807, 2.05) is 0 Å². The van der Waals surface area contributed by atoms with Gasteiger partial charge in [-0.3, -0.25) is 14.4 Å². The van der Waals surface area contributed by atoms with E-state index in [0.29, 0.717) is 19.3 Å². The number of carbonyl (C=O) groups excluding carboxylic acids is 3. The Morgan fingerprint density at radius 2 is 0.750 bits per heavy atom. The Hall–Kier alpha value is -2.89. The maximum absolute atomic E-state index is 12.6. The molecular formula is C46H78O6. The molecule has 0 amide bonds. The summed E-state index contributed by atoms with van der Waals surface area (Å²) in [6.45, 7) is 6.38. The first-order valence-corrected chi connectivity index (χ1v) is 21.3. The van der Waals surface area contributed by atoms with Crippen LogP contribution < -0.4 is 0 Å². The molecule has 1 atom stereocenters. The molecule has 0 aliphatic heterocycles. The fraction of sp³-hybridized carbons (Fsp3) is 0.717. The molecule has 1 unspecified atom stereocenters. The van der Waals surface area contributed by atoms with Crippen LogP contribution in [0, 0.1) is 0 Å². The number of ether oxygens (including phenoxy) is 3. The Bertz CT molecular complexity index is 975. The van der Waals surface area contributed by atoms with E-state index in [9.17, 15) is 14.4 Å². The predicted octanol–water partition coefficient (Wildman–Crippen LogP) is 13.4. The van der Waals surface area contributed by atoms with Crippen molar-refractivity contribution in [1.29, 1.82) is 0 Å². The van der Waals surface area contributed by atoms with Gasteiger partial charge in [0.15, 0.2) is 6.10 Å². The zero-order valence-corrected chi connectivity index (χ0v) is 33.8. The summed E-state index contributed by atoms with van der Waals surface area (Å²) in [5.74, 6) is -0.960. The minimum Gasteiger partial charge on any atom is -0.462 e. The summed E-state index contributed by atoms with van der Waals surface area (Å²) >= 11 is 0. The summed E-state index contributed by atoms with van der Waals surface area (Å²) in [5.41, 5.74) is 0. The van der Waals surface area contributed by atoms with E-state index < -0.39 is 6.10 Å². The molecule has 0 aromatic carbocycles. The van der Waals surface area contributed by atoms with Gasteiger partial charge in [-0.25, -0.2) is 0 Å². The molecule has 298 valence electrons. The number of unbranched alkanes of at least 4 members (excludes halogenated alkanes) is 16. The second kappa shape index (κ2) is 40.9. The van der Waals surface area contributed by atoms with Gasteiger partial charge in [0, 0.05) is 19.3 Å². The quantitative estimate of drug-likeness (QED) is 0.0274. The van der Waals surface area contributed by atoms with E-state index in [2.05, 4.69) is 81.5 Å². The molecule has 0 aliphatic rings. The summed E-state index contributed by atoms with van der Waals surface area (Å²) in [5, 5.41) is 0. The van der Waals surface area contributed by atoms with Gasteiger partial charge in [-0.1, -0.05) is 152 Å². The highest BCUT2D eigenvalue weighted by atomic mass is 16.6. The van der Waals surface area contributed by atoms with E-state index in [-0.39, 0.29) is 31.1 Å². The average molecular weight is 727 g/mol. The Morgan fingerprint density at radius 3 is 1.25 bits per heavy atom. The lowest BCUT2D eigenvalue weighted by Crippen LogP contribution is -2.30. The lowest BCUT2D eigenvalue weighted by molar-refractivity contribution is -0.167. The maximum Gasteiger partial charge on any atom is 0.306 e. The van der Waals surface area contributed by atoms with Gasteiger partial charge in [0.2, 0.25) is 0 Å². The monoisotopic (exact) mass is 727 g/mol. The van der Waals surface area contributed by atoms with Crippen molar-refractivity contribution in [3.8, 4) is 0 Å². The topological polar surface area (TPSA) is 78.9 Å². The second-order valence-electron chi connectivity index (χ2n) is 13.9. The third-order valence-electron chi connectivity index (χ3n) is 8.76. The molecule has 0 aromatic rings. The Labute approximate surface area is 320 Å². The van der Waals surface area contributed by atoms with Crippen LogP contribution in [-0.2, 0) is 28.6 Å². The SMILES string of the molecule is CC/C=C\C/C=C\C/C=C\C/C=C\CCCCC(=O)OCC(COC(=O)CCCCCCCC)OC(=O)CCCCCCC/C=C\CCCCCC. The van der Waals surface area contributed by atoms with E-state index in [0.717, 1.165) is 96.3 Å². The zero-order chi connectivity index (χ0) is 38.0. The van der Waals surface area contributed by atoms with Crippen LogP contribution in [0.25, 0.3) is 0 Å². The van der Waals surface area contributed by atoms with Gasteiger partial charge in [0.05, 0.1) is 0 Å². The molecule has 0 N–H and O–H groups in total. The van der Waals surface area contributed by atoms with Crippen molar-refractivity contribution in [2.45, 2.75) is 200 Å². The van der Waals surface area contributed by atoms with Crippen molar-refractivity contribution in [2.75, 3.05) is 13.2 Å². The summed E-state index contributed by atoms with van der Waals surface area (Å²) in [4.78, 5) is 37.4. The van der Waals surface area contributed by atoms with Gasteiger partial charge >= 0.3 is 17.9 Å². The van der Waals surface area contributed by atoms with Gasteiger partial charge in [-0.15, -0.1) is 0 Å². The smallest absolute Gasteiger partial charge is 0.306 e. The molecule has 6 nitrogen and oxygen atoms in total. The zero-order valence-electron chi connectivity index (χ0n) is 33.8. The van der Waals surface area contributed by atoms with E-state index in [1.54, 1.807) is 0 Å². The molecule has 0 heterocycles. The molecule has 0 rings (SSSR count). The standard InChI is InChI=1S/C46H78O6/c1-4-7-10-13-16-18-20-22-23-25-26-28-30-33-36-39-45(48)51-42-43(41-50-44(47)38-35-32-15-12-9-6-3)52-46(49)40-37-34-31-29-27-24-21-19-17-14-11-8-5-2/h7,10,16,18-19,21-23,26,28,43H,4-6,8-9,11-15,17,20,24-25,27,29-42H2,1-3H3/b10-7-,18-16-,21-19-,23-22-,28-26-. The molecule has 0 radical (unpaired) electrons. The van der Waals surface area contributed by atoms with Crippen LogP contribution in [0.2, 0.25) is 0 Å². The summed E-state index contributed by atoms with van der Waals surface area (Å²) in [6, 6.07) is 0. The Morgan fingerprint density at radius 1 is 0.404 bits per heavy atom. The van der Waals surface area contributed by atoms with E-state index in [1.165, 1.54) is 57.8 Å². The predicted molar refractivity (Wildman–Crippen MR) is 219 cm³/mol. The number of esters is 3. The highest BCUT2D eigenvalue weighted by molar-refractivity contribution is 5.71.